The molecular formula is C10H9N2+. The molecule has 2 rings (SSSR count). The highest BCUT2D eigenvalue weighted by Crippen LogP contribution is 1.75. The lowest BCUT2D eigenvalue weighted by molar-refractivity contribution is -0.675. The second kappa shape index (κ2) is 2.76. The number of allylic oxidation sites excluding steroid dienone is 1. The van der Waals surface area contributed by atoms with Crippen molar-refractivity contribution in [3.63, 3.8) is 0 Å². The number of hydrogen-bond donors (Lipinski definition) is 0. The Morgan fingerprint density at radius 3 is 3.08 bits per heavy atom. The Bertz CT molecular complexity index is 477. The SMILES string of the molecule is C[n+]1cnc2c(c1)=CC=C=CC=2. The average Bonchev–Trinajstić information content (AvgIpc) is 2.28. The zero-order valence-electron chi connectivity index (χ0n) is 6.86. The summed E-state index contributed by atoms with van der Waals surface area (Å²) in [5.41, 5.74) is 3.00. The van der Waals surface area contributed by atoms with Crippen LogP contribution >= 0.6 is 0 Å². The fourth-order valence-electron chi connectivity index (χ4n) is 1.13. The first-order chi connectivity index (χ1) is 5.86. The summed E-state index contributed by atoms with van der Waals surface area (Å²) in [6.07, 6.45) is 11.6. The van der Waals surface area contributed by atoms with E-state index in [9.17, 15) is 0 Å². The molecule has 0 bridgehead atoms. The molecule has 0 unspecified atom stereocenters. The highest BCUT2D eigenvalue weighted by Gasteiger charge is 1.95. The Morgan fingerprint density at radius 1 is 1.33 bits per heavy atom. The van der Waals surface area contributed by atoms with Crippen molar-refractivity contribution in [3.8, 4) is 0 Å². The molecule has 12 heavy (non-hydrogen) atoms. The van der Waals surface area contributed by atoms with E-state index < -0.39 is 0 Å². The van der Waals surface area contributed by atoms with E-state index in [1.165, 1.54) is 0 Å². The molecule has 1 aromatic heterocycles. The first kappa shape index (κ1) is 7.01. The van der Waals surface area contributed by atoms with E-state index in [0.29, 0.717) is 0 Å². The zero-order valence-corrected chi connectivity index (χ0v) is 6.86. The summed E-state index contributed by atoms with van der Waals surface area (Å²) < 4.78 is 1.93. The maximum Gasteiger partial charge on any atom is 0.286 e. The Hall–Kier alpha value is -1.66. The van der Waals surface area contributed by atoms with Crippen molar-refractivity contribution in [2.75, 3.05) is 0 Å². The average molecular weight is 157 g/mol. The number of rotatable bonds is 0. The van der Waals surface area contributed by atoms with Gasteiger partial charge in [0.2, 0.25) is 0 Å². The molecule has 1 aliphatic rings. The highest BCUT2D eigenvalue weighted by atomic mass is 15.0. The van der Waals surface area contributed by atoms with Crippen LogP contribution in [0.3, 0.4) is 0 Å². The highest BCUT2D eigenvalue weighted by molar-refractivity contribution is 5.44. The lowest BCUT2D eigenvalue weighted by atomic mass is 10.4. The molecule has 0 amide bonds. The Labute approximate surface area is 70.5 Å². The molecule has 0 radical (unpaired) electrons. The van der Waals surface area contributed by atoms with Crippen LogP contribution in [0.4, 0.5) is 0 Å². The predicted octanol–water partition coefficient (Wildman–Crippen LogP) is -0.808. The first-order valence-corrected chi connectivity index (χ1v) is 3.81. The summed E-state index contributed by atoms with van der Waals surface area (Å²) >= 11 is 0. The van der Waals surface area contributed by atoms with E-state index in [1.54, 1.807) is 6.33 Å². The fraction of sp³-hybridized carbons (Fsp3) is 0.100. The molecular weight excluding hydrogens is 148 g/mol. The lowest BCUT2D eigenvalue weighted by Crippen LogP contribution is -2.41. The Balaban J connectivity index is 2.86. The molecule has 58 valence electrons. The van der Waals surface area contributed by atoms with Crippen LogP contribution in [-0.4, -0.2) is 4.98 Å². The van der Waals surface area contributed by atoms with Gasteiger partial charge in [-0.25, -0.2) is 4.57 Å². The lowest BCUT2D eigenvalue weighted by Gasteiger charge is -1.85. The van der Waals surface area contributed by atoms with Crippen LogP contribution in [0.2, 0.25) is 0 Å². The monoisotopic (exact) mass is 157 g/mol. The molecule has 0 aromatic carbocycles. The zero-order chi connectivity index (χ0) is 8.39. The Kier molecular flexibility index (Phi) is 1.61. The third-order valence-electron chi connectivity index (χ3n) is 1.71. The van der Waals surface area contributed by atoms with Crippen molar-refractivity contribution in [2.45, 2.75) is 0 Å². The second-order valence-corrected chi connectivity index (χ2v) is 2.71. The van der Waals surface area contributed by atoms with Gasteiger partial charge in [-0.05, 0) is 29.3 Å². The minimum atomic E-state index is 0.995. The third kappa shape index (κ3) is 1.20. The van der Waals surface area contributed by atoms with E-state index in [2.05, 4.69) is 10.7 Å². The van der Waals surface area contributed by atoms with Gasteiger partial charge < -0.3 is 0 Å². The molecule has 0 N–H and O–H groups in total. The van der Waals surface area contributed by atoms with E-state index in [0.717, 1.165) is 10.6 Å². The van der Waals surface area contributed by atoms with Crippen LogP contribution < -0.4 is 15.1 Å². The van der Waals surface area contributed by atoms with Gasteiger partial charge in [0.25, 0.3) is 6.33 Å². The molecule has 0 atom stereocenters. The van der Waals surface area contributed by atoms with Crippen molar-refractivity contribution in [3.05, 3.63) is 41.0 Å². The molecule has 0 saturated heterocycles. The predicted molar refractivity (Wildman–Crippen MR) is 46.2 cm³/mol. The van der Waals surface area contributed by atoms with Crippen molar-refractivity contribution in [1.29, 1.82) is 0 Å². The largest absolute Gasteiger partial charge is 0.286 e. The smallest absolute Gasteiger partial charge is 0.239 e. The van der Waals surface area contributed by atoms with Crippen molar-refractivity contribution >= 4 is 12.2 Å². The number of fused-ring (bicyclic) bond motifs is 1. The molecule has 2 nitrogen and oxygen atoms in total. The molecule has 0 aliphatic heterocycles. The summed E-state index contributed by atoms with van der Waals surface area (Å²) in [6.45, 7) is 0. The summed E-state index contributed by atoms with van der Waals surface area (Å²) in [5.74, 6) is 0. The number of hydrogen-bond acceptors (Lipinski definition) is 1. The van der Waals surface area contributed by atoms with Crippen LogP contribution in [0, 0.1) is 0 Å². The molecule has 1 aromatic rings. The van der Waals surface area contributed by atoms with Gasteiger partial charge in [-0.2, -0.15) is 0 Å². The van der Waals surface area contributed by atoms with Crippen molar-refractivity contribution in [1.82, 2.24) is 4.98 Å². The number of aryl methyl sites for hydroxylation is 1. The normalized spacial score (nSPS) is 12.8. The minimum absolute atomic E-state index is 0.995. The van der Waals surface area contributed by atoms with Crippen LogP contribution in [0.25, 0.3) is 12.2 Å². The van der Waals surface area contributed by atoms with E-state index in [4.69, 9.17) is 0 Å². The number of nitrogens with zero attached hydrogens (tertiary/aromatic N) is 2. The van der Waals surface area contributed by atoms with Gasteiger partial charge in [0.15, 0.2) is 5.35 Å². The van der Waals surface area contributed by atoms with Crippen LogP contribution in [0.15, 0.2) is 30.4 Å². The van der Waals surface area contributed by atoms with Gasteiger partial charge in [0, 0.05) is 0 Å². The molecule has 0 fully saturated rings. The molecule has 0 saturated carbocycles. The molecule has 1 aliphatic carbocycles. The van der Waals surface area contributed by atoms with Gasteiger partial charge >= 0.3 is 0 Å². The van der Waals surface area contributed by atoms with Gasteiger partial charge in [0.1, 0.15) is 6.20 Å². The second-order valence-electron chi connectivity index (χ2n) is 2.71. The first-order valence-electron chi connectivity index (χ1n) is 3.81. The van der Waals surface area contributed by atoms with Crippen molar-refractivity contribution in [2.24, 2.45) is 7.05 Å². The summed E-state index contributed by atoms with van der Waals surface area (Å²) in [4.78, 5) is 4.26. The van der Waals surface area contributed by atoms with Crippen molar-refractivity contribution < 1.29 is 4.57 Å². The molecule has 2 heteroatoms. The standard InChI is InChI=1S/C10H9N2/c1-12-7-9-5-3-2-4-6-10(9)11-8-12/h3-8H,1H3/q+1. The molecule has 1 heterocycles. The van der Waals surface area contributed by atoms with Gasteiger partial charge in [0.05, 0.1) is 12.3 Å². The number of aromatic nitrogens is 2. The van der Waals surface area contributed by atoms with Gasteiger partial charge in [-0.15, -0.1) is 5.73 Å². The van der Waals surface area contributed by atoms with Gasteiger partial charge in [-0.3, -0.25) is 0 Å². The van der Waals surface area contributed by atoms with Gasteiger partial charge in [-0.1, -0.05) is 0 Å². The quantitative estimate of drug-likeness (QED) is 0.355. The maximum atomic E-state index is 4.26. The summed E-state index contributed by atoms with van der Waals surface area (Å²) in [7, 11) is 1.96. The van der Waals surface area contributed by atoms with Crippen LogP contribution in [0.5, 0.6) is 0 Å². The minimum Gasteiger partial charge on any atom is -0.239 e. The fourth-order valence-corrected chi connectivity index (χ4v) is 1.13. The summed E-state index contributed by atoms with van der Waals surface area (Å²) in [5, 5.41) is 2.12. The Morgan fingerprint density at radius 2 is 2.17 bits per heavy atom. The molecule has 0 spiro atoms. The van der Waals surface area contributed by atoms with Crippen LogP contribution in [0.1, 0.15) is 0 Å². The van der Waals surface area contributed by atoms with E-state index in [-0.39, 0.29) is 0 Å². The topological polar surface area (TPSA) is 16.8 Å². The van der Waals surface area contributed by atoms with E-state index >= 15 is 0 Å². The van der Waals surface area contributed by atoms with Crippen LogP contribution in [-0.2, 0) is 7.05 Å². The third-order valence-corrected chi connectivity index (χ3v) is 1.71. The maximum absolute atomic E-state index is 4.26. The summed E-state index contributed by atoms with van der Waals surface area (Å²) in [6, 6.07) is 0. The van der Waals surface area contributed by atoms with E-state index in [1.807, 2.05) is 42.1 Å².